The Bertz CT molecular complexity index is 640. The monoisotopic (exact) mass is 287 g/mol. The third-order valence-electron chi connectivity index (χ3n) is 3.17. The second-order valence-electron chi connectivity index (χ2n) is 5.27. The first-order valence-electron chi connectivity index (χ1n) is 6.95. The van der Waals surface area contributed by atoms with Crippen LogP contribution in [-0.2, 0) is 9.53 Å². The van der Waals surface area contributed by atoms with Gasteiger partial charge in [0.1, 0.15) is 12.4 Å². The van der Waals surface area contributed by atoms with Crippen LogP contribution in [0.1, 0.15) is 13.8 Å². The molecule has 0 fully saturated rings. The molecule has 1 aromatic carbocycles. The number of carbonyl (C=O) groups excluding carboxylic acids is 1. The summed E-state index contributed by atoms with van der Waals surface area (Å²) in [5, 5.41) is 5.49. The fourth-order valence-electron chi connectivity index (χ4n) is 2.24. The molecule has 1 aromatic heterocycles. The first kappa shape index (κ1) is 15.1. The number of ether oxygens (including phenoxy) is 1. The Kier molecular flexibility index (Phi) is 4.62. The van der Waals surface area contributed by atoms with E-state index in [1.807, 2.05) is 31.4 Å². The lowest BCUT2D eigenvalue weighted by atomic mass is 10.1. The number of aromatic nitrogens is 1. The van der Waals surface area contributed by atoms with Crippen molar-refractivity contribution >= 4 is 28.2 Å². The molecule has 0 spiro atoms. The molecule has 2 rings (SSSR count). The molecular weight excluding hydrogens is 266 g/mol. The number of hydrogen-bond acceptors (Lipinski definition) is 5. The van der Waals surface area contributed by atoms with Crippen LogP contribution >= 0.6 is 0 Å². The van der Waals surface area contributed by atoms with Gasteiger partial charge in [0.25, 0.3) is 0 Å². The van der Waals surface area contributed by atoms with Gasteiger partial charge in [0.15, 0.2) is 0 Å². The van der Waals surface area contributed by atoms with Crippen molar-refractivity contribution in [3.05, 3.63) is 30.5 Å². The second kappa shape index (κ2) is 6.43. The van der Waals surface area contributed by atoms with Crippen LogP contribution in [0, 0.1) is 0 Å². The van der Waals surface area contributed by atoms with Crippen LogP contribution < -0.4 is 10.2 Å². The van der Waals surface area contributed by atoms with Gasteiger partial charge in [-0.1, -0.05) is 24.3 Å². The van der Waals surface area contributed by atoms with Crippen molar-refractivity contribution in [3.63, 3.8) is 0 Å². The Labute approximate surface area is 124 Å². The summed E-state index contributed by atoms with van der Waals surface area (Å²) in [5.41, 5.74) is 0.996. The topological polar surface area (TPSA) is 54.5 Å². The van der Waals surface area contributed by atoms with E-state index < -0.39 is 0 Å². The number of rotatable bonds is 5. The molecule has 0 aliphatic heterocycles. The van der Waals surface area contributed by atoms with E-state index in [4.69, 9.17) is 4.74 Å². The number of esters is 1. The smallest absolute Gasteiger partial charge is 0.325 e. The maximum Gasteiger partial charge on any atom is 0.325 e. The fourth-order valence-corrected chi connectivity index (χ4v) is 2.24. The van der Waals surface area contributed by atoms with E-state index in [0.29, 0.717) is 6.04 Å². The lowest BCUT2D eigenvalue weighted by Crippen LogP contribution is -2.27. The number of nitrogens with zero attached hydrogens (tertiary/aromatic N) is 2. The SMILES string of the molecule is COC(=O)CN(C)c1ncc(NC(C)C)c2ccccc12. The van der Waals surface area contributed by atoms with Crippen molar-refractivity contribution in [1.29, 1.82) is 0 Å². The summed E-state index contributed by atoms with van der Waals surface area (Å²) in [6, 6.07) is 8.36. The molecule has 0 radical (unpaired) electrons. The summed E-state index contributed by atoms with van der Waals surface area (Å²) in [6.07, 6.45) is 1.81. The molecule has 0 atom stereocenters. The highest BCUT2D eigenvalue weighted by Crippen LogP contribution is 2.29. The number of benzene rings is 1. The molecule has 0 bridgehead atoms. The Hall–Kier alpha value is -2.30. The van der Waals surface area contributed by atoms with E-state index in [0.717, 1.165) is 22.3 Å². The molecule has 1 heterocycles. The first-order chi connectivity index (χ1) is 10.0. The molecule has 1 N–H and O–H groups in total. The molecule has 2 aromatic rings. The molecule has 5 heteroatoms. The number of fused-ring (bicyclic) bond motifs is 1. The minimum atomic E-state index is -0.284. The highest BCUT2D eigenvalue weighted by molar-refractivity contribution is 6.00. The summed E-state index contributed by atoms with van der Waals surface area (Å²) >= 11 is 0. The molecule has 0 unspecified atom stereocenters. The normalized spacial score (nSPS) is 10.7. The van der Waals surface area contributed by atoms with Crippen LogP contribution in [-0.4, -0.2) is 37.7 Å². The molecule has 0 aliphatic carbocycles. The van der Waals surface area contributed by atoms with Crippen molar-refractivity contribution < 1.29 is 9.53 Å². The minimum Gasteiger partial charge on any atom is -0.468 e. The van der Waals surface area contributed by atoms with Gasteiger partial charge in [0, 0.05) is 23.9 Å². The van der Waals surface area contributed by atoms with Gasteiger partial charge in [0.2, 0.25) is 0 Å². The van der Waals surface area contributed by atoms with Crippen molar-refractivity contribution in [2.45, 2.75) is 19.9 Å². The molecule has 0 saturated heterocycles. The Morgan fingerprint density at radius 1 is 1.33 bits per heavy atom. The lowest BCUT2D eigenvalue weighted by Gasteiger charge is -2.20. The fraction of sp³-hybridized carbons (Fsp3) is 0.375. The molecule has 21 heavy (non-hydrogen) atoms. The number of anilines is 2. The van der Waals surface area contributed by atoms with Crippen LogP contribution in [0.5, 0.6) is 0 Å². The first-order valence-corrected chi connectivity index (χ1v) is 6.95. The number of nitrogens with one attached hydrogen (secondary N) is 1. The van der Waals surface area contributed by atoms with Crippen molar-refractivity contribution in [1.82, 2.24) is 4.98 Å². The number of pyridine rings is 1. The highest BCUT2D eigenvalue weighted by Gasteiger charge is 2.14. The zero-order valence-electron chi connectivity index (χ0n) is 12.9. The Balaban J connectivity index is 2.44. The van der Waals surface area contributed by atoms with Crippen LogP contribution in [0.15, 0.2) is 30.5 Å². The summed E-state index contributed by atoms with van der Waals surface area (Å²) in [7, 11) is 3.22. The van der Waals surface area contributed by atoms with E-state index in [1.165, 1.54) is 7.11 Å². The van der Waals surface area contributed by atoms with Gasteiger partial charge in [-0.05, 0) is 13.8 Å². The Morgan fingerprint density at radius 2 is 2.00 bits per heavy atom. The van der Waals surface area contributed by atoms with Crippen LogP contribution in [0.25, 0.3) is 10.8 Å². The average Bonchev–Trinajstić information content (AvgIpc) is 2.46. The van der Waals surface area contributed by atoms with Gasteiger partial charge in [0.05, 0.1) is 19.0 Å². The van der Waals surface area contributed by atoms with E-state index >= 15 is 0 Å². The van der Waals surface area contributed by atoms with Gasteiger partial charge in [-0.2, -0.15) is 0 Å². The third kappa shape index (κ3) is 3.42. The molecule has 0 amide bonds. The standard InChI is InChI=1S/C16H21N3O2/c1-11(2)18-14-9-17-16(19(3)10-15(20)21-4)13-8-6-5-7-12(13)14/h5-9,11,18H,10H2,1-4H3. The number of hydrogen-bond donors (Lipinski definition) is 1. The van der Waals surface area contributed by atoms with Crippen LogP contribution in [0.2, 0.25) is 0 Å². The minimum absolute atomic E-state index is 0.171. The van der Waals surface area contributed by atoms with Crippen LogP contribution in [0.4, 0.5) is 11.5 Å². The van der Waals surface area contributed by atoms with Crippen molar-refractivity contribution in [2.24, 2.45) is 0 Å². The maximum atomic E-state index is 11.4. The number of methoxy groups -OCH3 is 1. The van der Waals surface area contributed by atoms with Crippen LogP contribution in [0.3, 0.4) is 0 Å². The molecule has 5 nitrogen and oxygen atoms in total. The van der Waals surface area contributed by atoms with Gasteiger partial charge in [-0.25, -0.2) is 4.98 Å². The average molecular weight is 287 g/mol. The van der Waals surface area contributed by atoms with Crippen molar-refractivity contribution in [3.8, 4) is 0 Å². The summed E-state index contributed by atoms with van der Waals surface area (Å²) < 4.78 is 4.71. The quantitative estimate of drug-likeness (QED) is 0.857. The number of carbonyl (C=O) groups is 1. The number of likely N-dealkylation sites (N-methyl/N-ethyl adjacent to an activating group) is 1. The van der Waals surface area contributed by atoms with E-state index in [-0.39, 0.29) is 12.5 Å². The predicted molar refractivity (Wildman–Crippen MR) is 85.8 cm³/mol. The summed E-state index contributed by atoms with van der Waals surface area (Å²) in [6.45, 7) is 4.35. The third-order valence-corrected chi connectivity index (χ3v) is 3.17. The van der Waals surface area contributed by atoms with Gasteiger partial charge >= 0.3 is 5.97 Å². The van der Waals surface area contributed by atoms with Gasteiger partial charge in [-0.3, -0.25) is 4.79 Å². The Morgan fingerprint density at radius 3 is 2.62 bits per heavy atom. The van der Waals surface area contributed by atoms with E-state index in [9.17, 15) is 4.79 Å². The van der Waals surface area contributed by atoms with Crippen molar-refractivity contribution in [2.75, 3.05) is 30.9 Å². The van der Waals surface area contributed by atoms with Gasteiger partial charge < -0.3 is 15.0 Å². The second-order valence-corrected chi connectivity index (χ2v) is 5.27. The zero-order valence-corrected chi connectivity index (χ0v) is 12.9. The lowest BCUT2D eigenvalue weighted by molar-refractivity contribution is -0.138. The molecule has 0 aliphatic rings. The van der Waals surface area contributed by atoms with E-state index in [1.54, 1.807) is 4.90 Å². The summed E-state index contributed by atoms with van der Waals surface area (Å²) in [4.78, 5) is 17.7. The predicted octanol–water partition coefficient (Wildman–Crippen LogP) is 2.66. The zero-order chi connectivity index (χ0) is 15.4. The molecular formula is C16H21N3O2. The molecule has 112 valence electrons. The van der Waals surface area contributed by atoms with Gasteiger partial charge in [-0.15, -0.1) is 0 Å². The molecule has 0 saturated carbocycles. The maximum absolute atomic E-state index is 11.4. The van der Waals surface area contributed by atoms with E-state index in [2.05, 4.69) is 30.2 Å². The summed E-state index contributed by atoms with van der Waals surface area (Å²) in [5.74, 6) is 0.484. The highest BCUT2D eigenvalue weighted by atomic mass is 16.5. The largest absolute Gasteiger partial charge is 0.468 e.